The molecular weight excluding hydrogens is 414 g/mol. The molecule has 26 heavy (non-hydrogen) atoms. The van der Waals surface area contributed by atoms with Gasteiger partial charge in [-0.25, -0.2) is 4.68 Å². The molecule has 0 spiro atoms. The van der Waals surface area contributed by atoms with E-state index in [0.717, 1.165) is 23.3 Å². The molecule has 2 aromatic carbocycles. The highest BCUT2D eigenvalue weighted by molar-refractivity contribution is 9.10. The number of rotatable bonds is 3. The SMILES string of the molecule is CCc1ccc(C2CC(c3cccc(Br)c3)n3nc(N)nc3N2)cc1.Cl. The van der Waals surface area contributed by atoms with Crippen LogP contribution in [0.15, 0.2) is 53.0 Å². The Balaban J connectivity index is 0.00000196. The van der Waals surface area contributed by atoms with Crippen LogP contribution in [0, 0.1) is 0 Å². The van der Waals surface area contributed by atoms with Crippen LogP contribution in [0.4, 0.5) is 11.9 Å². The number of anilines is 2. The first-order valence-electron chi connectivity index (χ1n) is 8.47. The van der Waals surface area contributed by atoms with E-state index in [1.54, 1.807) is 0 Å². The Morgan fingerprint density at radius 2 is 1.96 bits per heavy atom. The normalized spacial score (nSPS) is 18.5. The van der Waals surface area contributed by atoms with Crippen LogP contribution in [0.3, 0.4) is 0 Å². The standard InChI is InChI=1S/C19H20BrN5.ClH/c1-2-12-6-8-13(9-7-12)16-11-17(14-4-3-5-15(20)10-14)25-19(22-16)23-18(21)24-25;/h3-10,16-17H,2,11H2,1H3,(H3,21,22,23,24);1H. The summed E-state index contributed by atoms with van der Waals surface area (Å²) in [5.74, 6) is 1.02. The van der Waals surface area contributed by atoms with E-state index < -0.39 is 0 Å². The minimum absolute atomic E-state index is 0. The van der Waals surface area contributed by atoms with E-state index in [9.17, 15) is 0 Å². The number of nitrogens with zero attached hydrogens (tertiary/aromatic N) is 3. The highest BCUT2D eigenvalue weighted by Crippen LogP contribution is 2.38. The molecule has 0 fully saturated rings. The predicted octanol–water partition coefficient (Wildman–Crippen LogP) is 4.75. The number of hydrogen-bond acceptors (Lipinski definition) is 4. The molecule has 1 aliphatic rings. The molecule has 0 saturated carbocycles. The average Bonchev–Trinajstić information content (AvgIpc) is 3.01. The van der Waals surface area contributed by atoms with Gasteiger partial charge in [0.05, 0.1) is 12.1 Å². The van der Waals surface area contributed by atoms with Crippen LogP contribution < -0.4 is 11.1 Å². The van der Waals surface area contributed by atoms with Crippen molar-refractivity contribution in [1.29, 1.82) is 0 Å². The van der Waals surface area contributed by atoms with Crippen molar-refractivity contribution in [3.8, 4) is 0 Å². The lowest BCUT2D eigenvalue weighted by atomic mass is 9.93. The van der Waals surface area contributed by atoms with Crippen molar-refractivity contribution < 1.29 is 0 Å². The third-order valence-corrected chi connectivity index (χ3v) is 5.22. The van der Waals surface area contributed by atoms with Crippen molar-refractivity contribution in [3.05, 3.63) is 69.7 Å². The molecule has 3 N–H and O–H groups in total. The fraction of sp³-hybridized carbons (Fsp3) is 0.263. The minimum Gasteiger partial charge on any atom is -0.366 e. The third-order valence-electron chi connectivity index (χ3n) is 4.73. The fourth-order valence-electron chi connectivity index (χ4n) is 3.39. The van der Waals surface area contributed by atoms with Gasteiger partial charge in [-0.1, -0.05) is 59.3 Å². The van der Waals surface area contributed by atoms with Gasteiger partial charge in [0.1, 0.15) is 0 Å². The average molecular weight is 435 g/mol. The molecule has 7 heteroatoms. The summed E-state index contributed by atoms with van der Waals surface area (Å²) in [4.78, 5) is 4.37. The molecule has 0 saturated heterocycles. The van der Waals surface area contributed by atoms with E-state index in [1.807, 2.05) is 16.8 Å². The summed E-state index contributed by atoms with van der Waals surface area (Å²) in [7, 11) is 0. The molecule has 2 atom stereocenters. The van der Waals surface area contributed by atoms with Crippen LogP contribution in [-0.4, -0.2) is 14.8 Å². The molecule has 3 aromatic rings. The van der Waals surface area contributed by atoms with Crippen molar-refractivity contribution in [3.63, 3.8) is 0 Å². The summed E-state index contributed by atoms with van der Waals surface area (Å²) in [5.41, 5.74) is 9.65. The number of nitrogens with two attached hydrogens (primary N) is 1. The molecule has 4 rings (SSSR count). The van der Waals surface area contributed by atoms with Gasteiger partial charge in [-0.05, 0) is 41.7 Å². The summed E-state index contributed by atoms with van der Waals surface area (Å²) in [6, 6.07) is 17.4. The Hall–Kier alpha value is -2.05. The van der Waals surface area contributed by atoms with Gasteiger partial charge >= 0.3 is 0 Å². The van der Waals surface area contributed by atoms with Crippen LogP contribution in [0.5, 0.6) is 0 Å². The Morgan fingerprint density at radius 3 is 2.65 bits per heavy atom. The minimum atomic E-state index is 0. The van der Waals surface area contributed by atoms with Crippen LogP contribution in [0.2, 0.25) is 0 Å². The van der Waals surface area contributed by atoms with Gasteiger partial charge in [0.2, 0.25) is 11.9 Å². The number of nitrogen functional groups attached to an aromatic ring is 1. The number of benzene rings is 2. The van der Waals surface area contributed by atoms with Gasteiger partial charge in [0.25, 0.3) is 0 Å². The molecule has 2 heterocycles. The first-order chi connectivity index (χ1) is 12.1. The second kappa shape index (κ2) is 7.68. The Morgan fingerprint density at radius 1 is 1.19 bits per heavy atom. The van der Waals surface area contributed by atoms with Gasteiger partial charge in [-0.2, -0.15) is 4.98 Å². The van der Waals surface area contributed by atoms with E-state index in [-0.39, 0.29) is 24.5 Å². The molecule has 1 aliphatic heterocycles. The second-order valence-corrected chi connectivity index (χ2v) is 7.25. The smallest absolute Gasteiger partial charge is 0.241 e. The number of nitrogens with one attached hydrogen (secondary N) is 1. The topological polar surface area (TPSA) is 68.8 Å². The van der Waals surface area contributed by atoms with E-state index >= 15 is 0 Å². The molecule has 0 radical (unpaired) electrons. The van der Waals surface area contributed by atoms with Crippen molar-refractivity contribution in [2.45, 2.75) is 31.8 Å². The largest absolute Gasteiger partial charge is 0.366 e. The van der Waals surface area contributed by atoms with Crippen molar-refractivity contribution in [2.75, 3.05) is 11.1 Å². The lowest BCUT2D eigenvalue weighted by molar-refractivity contribution is 0.431. The fourth-order valence-corrected chi connectivity index (χ4v) is 3.81. The maximum absolute atomic E-state index is 5.86. The number of halogens is 2. The predicted molar refractivity (Wildman–Crippen MR) is 111 cm³/mol. The molecule has 136 valence electrons. The van der Waals surface area contributed by atoms with Crippen molar-refractivity contribution >= 4 is 40.2 Å². The van der Waals surface area contributed by atoms with Gasteiger partial charge in [-0.15, -0.1) is 17.5 Å². The van der Waals surface area contributed by atoms with Gasteiger partial charge < -0.3 is 11.1 Å². The van der Waals surface area contributed by atoms with E-state index in [2.05, 4.69) is 74.7 Å². The molecule has 0 bridgehead atoms. The summed E-state index contributed by atoms with van der Waals surface area (Å²) >= 11 is 3.56. The van der Waals surface area contributed by atoms with E-state index in [1.165, 1.54) is 16.7 Å². The summed E-state index contributed by atoms with van der Waals surface area (Å²) < 4.78 is 2.95. The van der Waals surface area contributed by atoms with Crippen LogP contribution in [-0.2, 0) is 6.42 Å². The number of aromatic nitrogens is 3. The summed E-state index contributed by atoms with van der Waals surface area (Å²) in [6.07, 6.45) is 1.93. The Kier molecular flexibility index (Phi) is 5.53. The Labute approximate surface area is 167 Å². The molecule has 0 aliphatic carbocycles. The van der Waals surface area contributed by atoms with E-state index in [0.29, 0.717) is 5.95 Å². The van der Waals surface area contributed by atoms with Crippen molar-refractivity contribution in [1.82, 2.24) is 14.8 Å². The molecular formula is C19H21BrClN5. The quantitative estimate of drug-likeness (QED) is 0.624. The zero-order valence-corrected chi connectivity index (χ0v) is 16.8. The van der Waals surface area contributed by atoms with Gasteiger partial charge in [0, 0.05) is 4.47 Å². The number of aryl methyl sites for hydroxylation is 1. The molecule has 2 unspecified atom stereocenters. The lowest BCUT2D eigenvalue weighted by Crippen LogP contribution is -2.28. The second-order valence-electron chi connectivity index (χ2n) is 6.34. The number of hydrogen-bond donors (Lipinski definition) is 2. The summed E-state index contributed by atoms with van der Waals surface area (Å²) in [6.45, 7) is 2.17. The first kappa shape index (κ1) is 18.7. The first-order valence-corrected chi connectivity index (χ1v) is 9.26. The van der Waals surface area contributed by atoms with E-state index in [4.69, 9.17) is 5.73 Å². The van der Waals surface area contributed by atoms with Gasteiger partial charge in [-0.3, -0.25) is 0 Å². The zero-order chi connectivity index (χ0) is 17.4. The zero-order valence-electron chi connectivity index (χ0n) is 14.4. The monoisotopic (exact) mass is 433 g/mol. The maximum Gasteiger partial charge on any atom is 0.241 e. The highest BCUT2D eigenvalue weighted by atomic mass is 79.9. The molecule has 0 amide bonds. The summed E-state index contributed by atoms with van der Waals surface area (Å²) in [5, 5.41) is 7.88. The maximum atomic E-state index is 5.86. The third kappa shape index (κ3) is 3.57. The van der Waals surface area contributed by atoms with Crippen LogP contribution >= 0.6 is 28.3 Å². The highest BCUT2D eigenvalue weighted by Gasteiger charge is 2.30. The lowest BCUT2D eigenvalue weighted by Gasteiger charge is -2.31. The van der Waals surface area contributed by atoms with Crippen LogP contribution in [0.25, 0.3) is 0 Å². The molecule has 5 nitrogen and oxygen atoms in total. The number of fused-ring (bicyclic) bond motifs is 1. The van der Waals surface area contributed by atoms with Crippen LogP contribution in [0.1, 0.15) is 42.1 Å². The van der Waals surface area contributed by atoms with Gasteiger partial charge in [0.15, 0.2) is 0 Å². The van der Waals surface area contributed by atoms with Crippen molar-refractivity contribution in [2.24, 2.45) is 0 Å². The Bertz CT molecular complexity index is 893. The molecule has 1 aromatic heterocycles.